The number of hydrogen-bond acceptors (Lipinski definition) is 2. The van der Waals surface area contributed by atoms with Gasteiger partial charge >= 0.3 is 0 Å². The zero-order chi connectivity index (χ0) is 14.8. The van der Waals surface area contributed by atoms with E-state index < -0.39 is 0 Å². The van der Waals surface area contributed by atoms with Gasteiger partial charge in [0.2, 0.25) is 0 Å². The van der Waals surface area contributed by atoms with Crippen LogP contribution in [0.1, 0.15) is 24.0 Å². The fraction of sp³-hybridized carbons (Fsp3) is 0.294. The van der Waals surface area contributed by atoms with Crippen LogP contribution in [0.4, 0.5) is 10.1 Å². The summed E-state index contributed by atoms with van der Waals surface area (Å²) in [4.78, 5) is 2.34. The topological polar surface area (TPSA) is 29.3 Å². The molecular formula is C17H18BrFN2. The Morgan fingerprint density at radius 2 is 1.81 bits per heavy atom. The Morgan fingerprint density at radius 3 is 2.48 bits per heavy atom. The van der Waals surface area contributed by atoms with E-state index in [1.165, 1.54) is 24.5 Å². The van der Waals surface area contributed by atoms with Gasteiger partial charge in [0.05, 0.1) is 0 Å². The first-order chi connectivity index (χ1) is 10.1. The third kappa shape index (κ3) is 3.83. The maximum Gasteiger partial charge on any atom is 0.127 e. The van der Waals surface area contributed by atoms with Crippen LogP contribution in [-0.2, 0) is 13.1 Å². The van der Waals surface area contributed by atoms with Gasteiger partial charge in [-0.05, 0) is 48.7 Å². The maximum atomic E-state index is 13.9. The molecule has 110 valence electrons. The Kier molecular flexibility index (Phi) is 4.27. The molecule has 21 heavy (non-hydrogen) atoms. The zero-order valence-electron chi connectivity index (χ0n) is 11.7. The Labute approximate surface area is 132 Å². The van der Waals surface area contributed by atoms with E-state index in [1.54, 1.807) is 6.07 Å². The summed E-state index contributed by atoms with van der Waals surface area (Å²) in [5.74, 6) is -0.138. The second-order valence-electron chi connectivity index (χ2n) is 5.61. The minimum Gasteiger partial charge on any atom is -0.399 e. The normalized spacial score (nSPS) is 14.6. The molecule has 0 atom stereocenters. The molecule has 0 saturated heterocycles. The standard InChI is InChI=1S/C17H18BrFN2/c18-14-3-8-17(19)13(9-14)11-21(16-6-7-16)10-12-1-4-15(20)5-2-12/h1-5,8-9,16H,6-7,10-11,20H2. The van der Waals surface area contributed by atoms with Gasteiger partial charge in [0.1, 0.15) is 5.82 Å². The number of nitrogens with two attached hydrogens (primary N) is 1. The van der Waals surface area contributed by atoms with Gasteiger partial charge in [0, 0.05) is 34.9 Å². The molecule has 3 rings (SSSR count). The van der Waals surface area contributed by atoms with E-state index in [4.69, 9.17) is 5.73 Å². The highest BCUT2D eigenvalue weighted by molar-refractivity contribution is 9.10. The molecule has 0 aromatic heterocycles. The summed E-state index contributed by atoms with van der Waals surface area (Å²) in [7, 11) is 0. The summed E-state index contributed by atoms with van der Waals surface area (Å²) in [5, 5.41) is 0. The molecule has 0 amide bonds. The van der Waals surface area contributed by atoms with Gasteiger partial charge < -0.3 is 5.73 Å². The van der Waals surface area contributed by atoms with Crippen LogP contribution in [0.5, 0.6) is 0 Å². The molecule has 2 nitrogen and oxygen atoms in total. The quantitative estimate of drug-likeness (QED) is 0.814. The second kappa shape index (κ2) is 6.16. The fourth-order valence-electron chi connectivity index (χ4n) is 2.49. The van der Waals surface area contributed by atoms with Crippen LogP contribution >= 0.6 is 15.9 Å². The van der Waals surface area contributed by atoms with Crippen LogP contribution in [0.25, 0.3) is 0 Å². The zero-order valence-corrected chi connectivity index (χ0v) is 13.3. The number of nitrogens with zero attached hydrogens (tertiary/aromatic N) is 1. The highest BCUT2D eigenvalue weighted by Gasteiger charge is 2.29. The molecule has 0 spiro atoms. The molecule has 1 fully saturated rings. The minimum atomic E-state index is -0.138. The lowest BCUT2D eigenvalue weighted by Crippen LogP contribution is -2.25. The van der Waals surface area contributed by atoms with E-state index in [2.05, 4.69) is 20.8 Å². The van der Waals surface area contributed by atoms with Crippen LogP contribution in [0.3, 0.4) is 0 Å². The number of hydrogen-bond donors (Lipinski definition) is 1. The van der Waals surface area contributed by atoms with E-state index in [1.807, 2.05) is 30.3 Å². The molecule has 0 heterocycles. The molecule has 2 aromatic carbocycles. The Balaban J connectivity index is 1.75. The van der Waals surface area contributed by atoms with Crippen molar-refractivity contribution in [2.24, 2.45) is 0 Å². The van der Waals surface area contributed by atoms with Crippen molar-refractivity contribution in [1.82, 2.24) is 4.90 Å². The van der Waals surface area contributed by atoms with Gasteiger partial charge in [0.15, 0.2) is 0 Å². The molecule has 0 radical (unpaired) electrons. The van der Waals surface area contributed by atoms with Gasteiger partial charge in [-0.15, -0.1) is 0 Å². The van der Waals surface area contributed by atoms with Crippen molar-refractivity contribution in [3.63, 3.8) is 0 Å². The fourth-order valence-corrected chi connectivity index (χ4v) is 2.90. The molecule has 1 saturated carbocycles. The van der Waals surface area contributed by atoms with Gasteiger partial charge in [-0.2, -0.15) is 0 Å². The lowest BCUT2D eigenvalue weighted by molar-refractivity contribution is 0.242. The van der Waals surface area contributed by atoms with E-state index in [0.29, 0.717) is 12.6 Å². The smallest absolute Gasteiger partial charge is 0.127 e. The molecular weight excluding hydrogens is 331 g/mol. The first kappa shape index (κ1) is 14.5. The number of nitrogen functional groups attached to an aromatic ring is 1. The third-order valence-electron chi connectivity index (χ3n) is 3.81. The number of halogens is 2. The third-order valence-corrected chi connectivity index (χ3v) is 4.30. The minimum absolute atomic E-state index is 0.138. The molecule has 0 bridgehead atoms. The predicted molar refractivity (Wildman–Crippen MR) is 87.2 cm³/mol. The predicted octanol–water partition coefficient (Wildman–Crippen LogP) is 4.34. The largest absolute Gasteiger partial charge is 0.399 e. The van der Waals surface area contributed by atoms with Crippen molar-refractivity contribution in [2.45, 2.75) is 32.0 Å². The highest BCUT2D eigenvalue weighted by Crippen LogP contribution is 2.31. The van der Waals surface area contributed by atoms with Crippen LogP contribution in [-0.4, -0.2) is 10.9 Å². The van der Waals surface area contributed by atoms with Gasteiger partial charge in [-0.25, -0.2) is 4.39 Å². The van der Waals surface area contributed by atoms with Gasteiger partial charge in [0.25, 0.3) is 0 Å². The summed E-state index contributed by atoms with van der Waals surface area (Å²) in [6.07, 6.45) is 2.40. The van der Waals surface area contributed by atoms with Crippen LogP contribution in [0.15, 0.2) is 46.9 Å². The summed E-state index contributed by atoms with van der Waals surface area (Å²) < 4.78 is 14.9. The average molecular weight is 349 g/mol. The van der Waals surface area contributed by atoms with Crippen LogP contribution < -0.4 is 5.73 Å². The molecule has 2 aromatic rings. The van der Waals surface area contributed by atoms with Crippen molar-refractivity contribution in [2.75, 3.05) is 5.73 Å². The molecule has 4 heteroatoms. The molecule has 1 aliphatic rings. The Morgan fingerprint density at radius 1 is 1.10 bits per heavy atom. The second-order valence-corrected chi connectivity index (χ2v) is 6.53. The Hall–Kier alpha value is -1.39. The van der Waals surface area contributed by atoms with Crippen molar-refractivity contribution in [3.05, 3.63) is 63.9 Å². The molecule has 0 aliphatic heterocycles. The average Bonchev–Trinajstić information content (AvgIpc) is 3.29. The first-order valence-electron chi connectivity index (χ1n) is 7.14. The van der Waals surface area contributed by atoms with Crippen molar-refractivity contribution in [1.29, 1.82) is 0 Å². The monoisotopic (exact) mass is 348 g/mol. The SMILES string of the molecule is Nc1ccc(CN(Cc2cc(Br)ccc2F)C2CC2)cc1. The number of anilines is 1. The van der Waals surface area contributed by atoms with Gasteiger partial charge in [-0.1, -0.05) is 28.1 Å². The summed E-state index contributed by atoms with van der Waals surface area (Å²) in [6.45, 7) is 1.47. The van der Waals surface area contributed by atoms with Crippen molar-refractivity contribution >= 4 is 21.6 Å². The van der Waals surface area contributed by atoms with Crippen LogP contribution in [0.2, 0.25) is 0 Å². The summed E-state index contributed by atoms with van der Waals surface area (Å²) in [6, 6.07) is 13.6. The summed E-state index contributed by atoms with van der Waals surface area (Å²) in [5.41, 5.74) is 8.45. The maximum absolute atomic E-state index is 13.9. The molecule has 0 unspecified atom stereocenters. The Bertz CT molecular complexity index is 623. The lowest BCUT2D eigenvalue weighted by Gasteiger charge is -2.22. The van der Waals surface area contributed by atoms with E-state index in [0.717, 1.165) is 22.3 Å². The van der Waals surface area contributed by atoms with E-state index in [9.17, 15) is 4.39 Å². The van der Waals surface area contributed by atoms with Crippen molar-refractivity contribution < 1.29 is 4.39 Å². The van der Waals surface area contributed by atoms with E-state index >= 15 is 0 Å². The van der Waals surface area contributed by atoms with E-state index in [-0.39, 0.29) is 5.82 Å². The number of rotatable bonds is 5. The van der Waals surface area contributed by atoms with Crippen molar-refractivity contribution in [3.8, 4) is 0 Å². The van der Waals surface area contributed by atoms with Crippen LogP contribution in [0, 0.1) is 5.82 Å². The first-order valence-corrected chi connectivity index (χ1v) is 7.93. The molecule has 1 aliphatic carbocycles. The highest BCUT2D eigenvalue weighted by atomic mass is 79.9. The summed E-state index contributed by atoms with van der Waals surface area (Å²) >= 11 is 3.41. The lowest BCUT2D eigenvalue weighted by atomic mass is 10.1. The molecule has 2 N–H and O–H groups in total. The van der Waals surface area contributed by atoms with Gasteiger partial charge in [-0.3, -0.25) is 4.90 Å². The number of benzene rings is 2.